The smallest absolute Gasteiger partial charge is 0.331 e. The van der Waals surface area contributed by atoms with E-state index in [0.29, 0.717) is 55.6 Å². The van der Waals surface area contributed by atoms with Gasteiger partial charge in [0.15, 0.2) is 5.82 Å². The molecule has 4 aromatic rings. The zero-order valence-electron chi connectivity index (χ0n) is 19.0. The van der Waals surface area contributed by atoms with Crippen molar-refractivity contribution >= 4 is 11.0 Å². The van der Waals surface area contributed by atoms with Crippen LogP contribution in [-0.2, 0) is 19.5 Å². The second kappa shape index (κ2) is 9.65. The first-order chi connectivity index (χ1) is 17.0. The van der Waals surface area contributed by atoms with E-state index in [2.05, 4.69) is 25.1 Å². The Morgan fingerprint density at radius 2 is 1.83 bits per heavy atom. The molecule has 0 amide bonds. The van der Waals surface area contributed by atoms with Crippen LogP contribution in [0, 0.1) is 5.92 Å². The fourth-order valence-electron chi connectivity index (χ4n) is 4.21. The minimum atomic E-state index is -0.782. The average molecular weight is 479 g/mol. The summed E-state index contributed by atoms with van der Waals surface area (Å²) in [7, 11) is 0. The van der Waals surface area contributed by atoms with Gasteiger partial charge in [0.1, 0.15) is 16.7 Å². The lowest BCUT2D eigenvalue weighted by molar-refractivity contribution is 0.419. The first kappa shape index (κ1) is 22.7. The number of pyridine rings is 1. The predicted octanol–water partition coefficient (Wildman–Crippen LogP) is 1.20. The van der Waals surface area contributed by atoms with E-state index < -0.39 is 22.5 Å². The highest BCUT2D eigenvalue weighted by molar-refractivity contribution is 5.71. The van der Waals surface area contributed by atoms with E-state index in [0.717, 1.165) is 11.0 Å². The van der Waals surface area contributed by atoms with Gasteiger partial charge in [-0.2, -0.15) is 4.98 Å². The number of aromatic nitrogens is 7. The number of aromatic amines is 2. The normalized spacial score (nSPS) is 13.5. The van der Waals surface area contributed by atoms with Gasteiger partial charge in [0.05, 0.1) is 0 Å². The van der Waals surface area contributed by atoms with Crippen molar-refractivity contribution in [3.63, 3.8) is 0 Å². The van der Waals surface area contributed by atoms with Crippen LogP contribution in [0.5, 0.6) is 0 Å². The lowest BCUT2D eigenvalue weighted by Gasteiger charge is -2.13. The summed E-state index contributed by atoms with van der Waals surface area (Å²) >= 11 is 0. The van der Waals surface area contributed by atoms with E-state index in [1.807, 2.05) is 6.07 Å². The van der Waals surface area contributed by atoms with E-state index in [9.17, 15) is 19.2 Å². The number of fused-ring (bicyclic) bond motifs is 1. The molecule has 0 spiro atoms. The summed E-state index contributed by atoms with van der Waals surface area (Å²) in [6.07, 6.45) is 7.26. The molecule has 0 aliphatic heterocycles. The molecule has 0 radical (unpaired) electrons. The number of hydrogen-bond donors (Lipinski definition) is 2. The van der Waals surface area contributed by atoms with Crippen molar-refractivity contribution in [2.24, 2.45) is 5.92 Å². The highest BCUT2D eigenvalue weighted by Gasteiger charge is 2.22. The summed E-state index contributed by atoms with van der Waals surface area (Å²) in [6, 6.07) is 5.39. The van der Waals surface area contributed by atoms with Crippen LogP contribution < -0.4 is 22.5 Å². The van der Waals surface area contributed by atoms with Crippen molar-refractivity contribution in [1.82, 2.24) is 34.2 Å². The molecule has 12 nitrogen and oxygen atoms in total. The number of rotatable bonds is 10. The van der Waals surface area contributed by atoms with Gasteiger partial charge < -0.3 is 9.51 Å². The summed E-state index contributed by atoms with van der Waals surface area (Å²) < 4.78 is 7.65. The summed E-state index contributed by atoms with van der Waals surface area (Å²) in [5.41, 5.74) is -2.40. The minimum Gasteiger partial charge on any atom is -0.332 e. The second-order valence-corrected chi connectivity index (χ2v) is 8.80. The van der Waals surface area contributed by atoms with E-state index >= 15 is 0 Å². The van der Waals surface area contributed by atoms with Crippen molar-refractivity contribution in [3.8, 4) is 11.6 Å². The highest BCUT2D eigenvalue weighted by Crippen LogP contribution is 2.33. The molecule has 0 atom stereocenters. The van der Waals surface area contributed by atoms with E-state index in [-0.39, 0.29) is 17.6 Å². The monoisotopic (exact) mass is 479 g/mol. The molecule has 1 aliphatic carbocycles. The highest BCUT2D eigenvalue weighted by atomic mass is 16.5. The summed E-state index contributed by atoms with van der Waals surface area (Å²) in [4.78, 5) is 63.5. The molecule has 0 saturated heterocycles. The molecule has 4 heterocycles. The quantitative estimate of drug-likeness (QED) is 0.321. The largest absolute Gasteiger partial charge is 0.332 e. The number of unbranched alkanes of at least 4 members (excludes halogenated alkanes) is 1. The minimum absolute atomic E-state index is 0.0829. The van der Waals surface area contributed by atoms with Gasteiger partial charge in [-0.15, -0.1) is 0 Å². The van der Waals surface area contributed by atoms with Gasteiger partial charge in [0.2, 0.25) is 0 Å². The zero-order chi connectivity index (χ0) is 24.4. The lowest BCUT2D eigenvalue weighted by atomic mass is 10.2. The van der Waals surface area contributed by atoms with Crippen LogP contribution in [0.2, 0.25) is 0 Å². The summed E-state index contributed by atoms with van der Waals surface area (Å²) in [6.45, 7) is 0.441. The fraction of sp³-hybridized carbons (Fsp3) is 0.435. The van der Waals surface area contributed by atoms with Crippen LogP contribution in [0.4, 0.5) is 0 Å². The molecule has 0 bridgehead atoms. The second-order valence-electron chi connectivity index (χ2n) is 8.80. The third-order valence-corrected chi connectivity index (χ3v) is 6.18. The van der Waals surface area contributed by atoms with Crippen LogP contribution in [0.15, 0.2) is 48.1 Å². The van der Waals surface area contributed by atoms with Gasteiger partial charge in [0, 0.05) is 25.7 Å². The molecule has 0 unspecified atom stereocenters. The van der Waals surface area contributed by atoms with Gasteiger partial charge in [-0.25, -0.2) is 9.59 Å². The standard InChI is InChI=1S/C23H25N7O5/c31-19-18-17(26-22(33)27-19)21(32)30(23(34)29(18)13-5-6-14-9-10-14)12-4-2-8-16-25-20(35-28-16)15-7-1-3-11-24-15/h1,3,7,11,14H,2,4-6,8-10,12-13H2,(H2,26,27,31,33). The fourth-order valence-corrected chi connectivity index (χ4v) is 4.21. The van der Waals surface area contributed by atoms with Crippen LogP contribution in [-0.4, -0.2) is 34.2 Å². The average Bonchev–Trinajstić information content (AvgIpc) is 3.56. The maximum Gasteiger partial charge on any atom is 0.331 e. The van der Waals surface area contributed by atoms with Gasteiger partial charge in [-0.3, -0.25) is 28.7 Å². The topological polar surface area (TPSA) is 162 Å². The lowest BCUT2D eigenvalue weighted by Crippen LogP contribution is -2.43. The third kappa shape index (κ3) is 4.91. The summed E-state index contributed by atoms with van der Waals surface area (Å²) in [5, 5.41) is 3.96. The van der Waals surface area contributed by atoms with Crippen molar-refractivity contribution in [3.05, 3.63) is 71.9 Å². The molecular weight excluding hydrogens is 454 g/mol. The molecule has 0 aromatic carbocycles. The van der Waals surface area contributed by atoms with Crippen LogP contribution >= 0.6 is 0 Å². The molecule has 35 heavy (non-hydrogen) atoms. The number of nitrogens with zero attached hydrogens (tertiary/aromatic N) is 5. The Bertz CT molecular complexity index is 1570. The maximum absolute atomic E-state index is 13.2. The molecule has 5 rings (SSSR count). The Labute approximate surface area is 197 Å². The zero-order valence-corrected chi connectivity index (χ0v) is 19.0. The Hall–Kier alpha value is -4.09. The van der Waals surface area contributed by atoms with Crippen molar-refractivity contribution in [1.29, 1.82) is 0 Å². The summed E-state index contributed by atoms with van der Waals surface area (Å²) in [5.74, 6) is 1.50. The first-order valence-electron chi connectivity index (χ1n) is 11.7. The van der Waals surface area contributed by atoms with Gasteiger partial charge in [-0.1, -0.05) is 24.1 Å². The predicted molar refractivity (Wildman–Crippen MR) is 126 cm³/mol. The molecular formula is C23H25N7O5. The Morgan fingerprint density at radius 3 is 2.60 bits per heavy atom. The number of nitrogens with one attached hydrogen (secondary N) is 2. The van der Waals surface area contributed by atoms with Gasteiger partial charge >= 0.3 is 11.4 Å². The Balaban J connectivity index is 1.33. The SMILES string of the molecule is O=c1[nH]c(=O)c2c([nH]1)c(=O)n(CCCCc1noc(-c3ccccn3)n1)c(=O)n2CCCC1CC1. The number of aryl methyl sites for hydroxylation is 2. The van der Waals surface area contributed by atoms with Crippen LogP contribution in [0.3, 0.4) is 0 Å². The Morgan fingerprint density at radius 1 is 1.00 bits per heavy atom. The van der Waals surface area contributed by atoms with Crippen LogP contribution in [0.1, 0.15) is 44.3 Å². The van der Waals surface area contributed by atoms with Gasteiger partial charge in [-0.05, 0) is 43.7 Å². The molecule has 182 valence electrons. The molecule has 4 aromatic heterocycles. The van der Waals surface area contributed by atoms with Gasteiger partial charge in [0.25, 0.3) is 17.0 Å². The van der Waals surface area contributed by atoms with Crippen LogP contribution in [0.25, 0.3) is 22.6 Å². The van der Waals surface area contributed by atoms with Crippen molar-refractivity contribution in [2.75, 3.05) is 0 Å². The van der Waals surface area contributed by atoms with Crippen molar-refractivity contribution in [2.45, 2.75) is 58.0 Å². The van der Waals surface area contributed by atoms with E-state index in [1.165, 1.54) is 17.4 Å². The number of H-pyrrole nitrogens is 2. The molecule has 12 heteroatoms. The molecule has 1 saturated carbocycles. The Kier molecular flexibility index (Phi) is 6.25. The molecule has 1 fully saturated rings. The number of hydrogen-bond acceptors (Lipinski definition) is 8. The van der Waals surface area contributed by atoms with E-state index in [1.54, 1.807) is 18.3 Å². The van der Waals surface area contributed by atoms with E-state index in [4.69, 9.17) is 4.52 Å². The first-order valence-corrected chi connectivity index (χ1v) is 11.7. The molecule has 2 N–H and O–H groups in total. The molecule has 1 aliphatic rings. The maximum atomic E-state index is 13.2. The van der Waals surface area contributed by atoms with Crippen molar-refractivity contribution < 1.29 is 4.52 Å². The third-order valence-electron chi connectivity index (χ3n) is 6.18.